The van der Waals surface area contributed by atoms with Crippen molar-refractivity contribution in [2.45, 2.75) is 18.5 Å². The van der Waals surface area contributed by atoms with Gasteiger partial charge < -0.3 is 20.0 Å². The van der Waals surface area contributed by atoms with E-state index in [0.29, 0.717) is 33.2 Å². The highest BCUT2D eigenvalue weighted by Crippen LogP contribution is 2.40. The van der Waals surface area contributed by atoms with Crippen LogP contribution in [0.5, 0.6) is 0 Å². The maximum atomic E-state index is 14.6. The van der Waals surface area contributed by atoms with Gasteiger partial charge in [-0.25, -0.2) is 4.39 Å². The Morgan fingerprint density at radius 2 is 1.92 bits per heavy atom. The Morgan fingerprint density at radius 1 is 1.11 bits per heavy atom. The van der Waals surface area contributed by atoms with Crippen molar-refractivity contribution >= 4 is 44.9 Å². The number of nitrogens with one attached hydrogen (secondary N) is 2. The molecule has 1 aliphatic heterocycles. The predicted molar refractivity (Wildman–Crippen MR) is 144 cm³/mol. The first kappa shape index (κ1) is 24.1. The monoisotopic (exact) mass is 564 g/mol. The van der Waals surface area contributed by atoms with Crippen LogP contribution >= 0.6 is 28.1 Å². The number of amides is 1. The number of carbonyl (C=O) groups is 1. The smallest absolute Gasteiger partial charge is 0.226 e. The topological polar surface area (TPSA) is 70.4 Å². The van der Waals surface area contributed by atoms with Crippen LogP contribution in [0.25, 0.3) is 11.3 Å². The molecule has 6 nitrogen and oxygen atoms in total. The van der Waals surface area contributed by atoms with Crippen molar-refractivity contribution in [1.29, 1.82) is 0 Å². The van der Waals surface area contributed by atoms with Gasteiger partial charge in [-0.15, -0.1) is 0 Å². The van der Waals surface area contributed by atoms with Gasteiger partial charge in [0.05, 0.1) is 17.3 Å². The molecule has 0 spiro atoms. The van der Waals surface area contributed by atoms with Crippen LogP contribution in [0.15, 0.2) is 93.9 Å². The number of carbonyl (C=O) groups excluding carboxylic acids is 1. The molecule has 2 atom stereocenters. The molecule has 2 N–H and O–H groups in total. The molecule has 4 aromatic rings. The Morgan fingerprint density at radius 3 is 2.67 bits per heavy atom. The number of rotatable bonds is 7. The molecule has 0 aliphatic carbocycles. The zero-order valence-corrected chi connectivity index (χ0v) is 21.4. The number of hydrogen-bond acceptors (Lipinski definition) is 4. The summed E-state index contributed by atoms with van der Waals surface area (Å²) in [7, 11) is 0. The SMILES string of the molecule is O=C(CCN1C(=S)N[C@H](c2ccccn2)[C@@H]1c1ccc(-c2ccc(Br)cc2F)o1)Nc1ccccc1. The highest BCUT2D eigenvalue weighted by molar-refractivity contribution is 9.10. The maximum Gasteiger partial charge on any atom is 0.226 e. The second kappa shape index (κ2) is 10.6. The van der Waals surface area contributed by atoms with E-state index in [1.165, 1.54) is 6.07 Å². The summed E-state index contributed by atoms with van der Waals surface area (Å²) in [5.41, 5.74) is 1.88. The fourth-order valence-corrected chi connectivity index (χ4v) is 4.93. The largest absolute Gasteiger partial charge is 0.459 e. The predicted octanol–water partition coefficient (Wildman–Crippen LogP) is 6.24. The molecule has 182 valence electrons. The summed E-state index contributed by atoms with van der Waals surface area (Å²) >= 11 is 8.95. The lowest BCUT2D eigenvalue weighted by molar-refractivity contribution is -0.116. The molecule has 1 amide bonds. The minimum Gasteiger partial charge on any atom is -0.459 e. The van der Waals surface area contributed by atoms with Crippen LogP contribution in [0.3, 0.4) is 0 Å². The minimum absolute atomic E-state index is 0.124. The van der Waals surface area contributed by atoms with Gasteiger partial charge in [-0.3, -0.25) is 9.78 Å². The van der Waals surface area contributed by atoms with Gasteiger partial charge in [0.2, 0.25) is 5.91 Å². The average molecular weight is 565 g/mol. The van der Waals surface area contributed by atoms with Gasteiger partial charge in [0.25, 0.3) is 0 Å². The van der Waals surface area contributed by atoms with Crippen LogP contribution in [0.2, 0.25) is 0 Å². The second-order valence-corrected chi connectivity index (χ2v) is 9.61. The number of halogens is 2. The molecule has 0 saturated carbocycles. The van der Waals surface area contributed by atoms with Gasteiger partial charge in [-0.2, -0.15) is 0 Å². The lowest BCUT2D eigenvalue weighted by Crippen LogP contribution is -2.32. The Kier molecular flexibility index (Phi) is 7.11. The highest BCUT2D eigenvalue weighted by Gasteiger charge is 2.41. The van der Waals surface area contributed by atoms with Crippen molar-refractivity contribution in [1.82, 2.24) is 15.2 Å². The summed E-state index contributed by atoms with van der Waals surface area (Å²) in [6, 6.07) is 22.7. The highest BCUT2D eigenvalue weighted by atomic mass is 79.9. The van der Waals surface area contributed by atoms with Gasteiger partial charge in [-0.1, -0.05) is 40.2 Å². The van der Waals surface area contributed by atoms with Crippen LogP contribution in [-0.2, 0) is 4.79 Å². The third-order valence-corrected chi connectivity index (χ3v) is 6.80. The Bertz CT molecular complexity index is 1380. The third-order valence-electron chi connectivity index (χ3n) is 5.95. The van der Waals surface area contributed by atoms with Crippen molar-refractivity contribution in [2.24, 2.45) is 0 Å². The van der Waals surface area contributed by atoms with Gasteiger partial charge in [0.15, 0.2) is 5.11 Å². The van der Waals surface area contributed by atoms with E-state index < -0.39 is 0 Å². The Hall–Kier alpha value is -3.56. The first-order valence-corrected chi connectivity index (χ1v) is 12.6. The molecule has 9 heteroatoms. The molecule has 2 aromatic carbocycles. The Labute approximate surface area is 221 Å². The standard InChI is InChI=1S/C27H22BrFN4O2S/c28-17-9-10-19(20(29)16-17)22-11-12-23(35-22)26-25(21-8-4-5-14-30-21)32-27(36)33(26)15-13-24(34)31-18-6-2-1-3-7-18/h1-12,14,16,25-26H,13,15H2,(H,31,34)(H,32,36)/t25-,26+/m1/s1. The van der Waals surface area contributed by atoms with Gasteiger partial charge in [0.1, 0.15) is 23.4 Å². The van der Waals surface area contributed by atoms with Crippen LogP contribution in [0, 0.1) is 5.82 Å². The molecule has 5 rings (SSSR count). The molecular weight excluding hydrogens is 543 g/mol. The summed E-state index contributed by atoms with van der Waals surface area (Å²) in [5, 5.41) is 6.73. The number of thiocarbonyl (C=S) groups is 1. The fraction of sp³-hybridized carbons (Fsp3) is 0.148. The zero-order valence-electron chi connectivity index (χ0n) is 19.0. The summed E-state index contributed by atoms with van der Waals surface area (Å²) in [5.74, 6) is 0.496. The summed E-state index contributed by atoms with van der Waals surface area (Å²) < 4.78 is 21.4. The van der Waals surface area contributed by atoms with E-state index in [-0.39, 0.29) is 30.2 Å². The number of hydrogen-bond donors (Lipinski definition) is 2. The van der Waals surface area contributed by atoms with Crippen LogP contribution in [0.1, 0.15) is 30.0 Å². The number of furan rings is 1. The van der Waals surface area contributed by atoms with Gasteiger partial charge in [0, 0.05) is 29.3 Å². The summed E-state index contributed by atoms with van der Waals surface area (Å²) in [4.78, 5) is 19.1. The molecule has 3 heterocycles. The summed E-state index contributed by atoms with van der Waals surface area (Å²) in [6.45, 7) is 0.362. The number of para-hydroxylation sites is 1. The number of benzene rings is 2. The van der Waals surface area contributed by atoms with Crippen molar-refractivity contribution < 1.29 is 13.6 Å². The second-order valence-electron chi connectivity index (χ2n) is 8.31. The van der Waals surface area contributed by atoms with Crippen molar-refractivity contribution in [2.75, 3.05) is 11.9 Å². The number of anilines is 1. The van der Waals surface area contributed by atoms with E-state index in [9.17, 15) is 9.18 Å². The van der Waals surface area contributed by atoms with E-state index in [0.717, 1.165) is 11.4 Å². The molecule has 1 fully saturated rings. The number of nitrogens with zero attached hydrogens (tertiary/aromatic N) is 2. The first-order chi connectivity index (χ1) is 17.5. The maximum absolute atomic E-state index is 14.6. The van der Waals surface area contributed by atoms with Gasteiger partial charge in [-0.05, 0) is 66.8 Å². The third kappa shape index (κ3) is 5.17. The molecule has 0 radical (unpaired) electrons. The van der Waals surface area contributed by atoms with E-state index >= 15 is 0 Å². The van der Waals surface area contributed by atoms with Crippen LogP contribution < -0.4 is 10.6 Å². The molecule has 0 bridgehead atoms. The number of aromatic nitrogens is 1. The molecule has 0 unspecified atom stereocenters. The molecule has 2 aromatic heterocycles. The van der Waals surface area contributed by atoms with E-state index in [2.05, 4.69) is 31.5 Å². The molecular formula is C27H22BrFN4O2S. The van der Waals surface area contributed by atoms with Crippen LogP contribution in [0.4, 0.5) is 10.1 Å². The average Bonchev–Trinajstić information content (AvgIpc) is 3.48. The number of pyridine rings is 1. The lowest BCUT2D eigenvalue weighted by Gasteiger charge is -2.25. The van der Waals surface area contributed by atoms with E-state index in [1.807, 2.05) is 59.5 Å². The normalized spacial score (nSPS) is 17.2. The minimum atomic E-state index is -0.388. The fourth-order valence-electron chi connectivity index (χ4n) is 4.27. The molecule has 1 saturated heterocycles. The van der Waals surface area contributed by atoms with Crippen molar-refractivity contribution in [3.8, 4) is 11.3 Å². The lowest BCUT2D eigenvalue weighted by atomic mass is 10.0. The first-order valence-electron chi connectivity index (χ1n) is 11.4. The van der Waals surface area contributed by atoms with E-state index in [4.69, 9.17) is 16.6 Å². The van der Waals surface area contributed by atoms with E-state index in [1.54, 1.807) is 24.4 Å². The summed E-state index contributed by atoms with van der Waals surface area (Å²) in [6.07, 6.45) is 1.94. The van der Waals surface area contributed by atoms with Crippen molar-refractivity contribution in [3.05, 3.63) is 107 Å². The van der Waals surface area contributed by atoms with Crippen molar-refractivity contribution in [3.63, 3.8) is 0 Å². The quantitative estimate of drug-likeness (QED) is 0.259. The zero-order chi connectivity index (χ0) is 25.1. The van der Waals surface area contributed by atoms with Crippen LogP contribution in [-0.4, -0.2) is 27.4 Å². The Balaban J connectivity index is 1.42. The molecule has 36 heavy (non-hydrogen) atoms. The molecule has 1 aliphatic rings. The van der Waals surface area contributed by atoms with Gasteiger partial charge >= 0.3 is 0 Å².